The van der Waals surface area contributed by atoms with Gasteiger partial charge < -0.3 is 15.6 Å². The van der Waals surface area contributed by atoms with Crippen LogP contribution in [0.25, 0.3) is 0 Å². The molecule has 1 unspecified atom stereocenters. The van der Waals surface area contributed by atoms with E-state index in [1.807, 2.05) is 37.3 Å². The van der Waals surface area contributed by atoms with Gasteiger partial charge in [0.05, 0.1) is 5.25 Å². The summed E-state index contributed by atoms with van der Waals surface area (Å²) in [5, 5.41) is 12.8. The van der Waals surface area contributed by atoms with Gasteiger partial charge in [-0.3, -0.25) is 0 Å². The van der Waals surface area contributed by atoms with E-state index in [4.69, 9.17) is 5.73 Å². The summed E-state index contributed by atoms with van der Waals surface area (Å²) in [6.45, 7) is 4.08. The minimum absolute atomic E-state index is 0.0393. The van der Waals surface area contributed by atoms with Gasteiger partial charge in [-0.05, 0) is 38.8 Å². The normalized spacial score (nSPS) is 15.9. The summed E-state index contributed by atoms with van der Waals surface area (Å²) in [5.74, 6) is 2.23. The minimum Gasteiger partial charge on any atom is -0.368 e. The van der Waals surface area contributed by atoms with Crippen LogP contribution in [0, 0.1) is 6.92 Å². The molecule has 0 bridgehead atoms. The van der Waals surface area contributed by atoms with Crippen LogP contribution in [0.3, 0.4) is 0 Å². The molecule has 1 aliphatic carbocycles. The van der Waals surface area contributed by atoms with E-state index >= 15 is 0 Å². The average molecular weight is 411 g/mol. The van der Waals surface area contributed by atoms with Crippen molar-refractivity contribution in [3.8, 4) is 0 Å². The molecule has 4 rings (SSSR count). The third-order valence-electron chi connectivity index (χ3n) is 5.12. The van der Waals surface area contributed by atoms with E-state index in [0.29, 0.717) is 17.8 Å². The van der Waals surface area contributed by atoms with Crippen LogP contribution in [0.1, 0.15) is 62.0 Å². The number of benzene rings is 1. The standard InChI is InChI=1S/C20H26N8S/c1-13(29-20-27-26-14(2)28(20)16-11-7-4-8-12-16)17-23-18(21)25-19(24-17)22-15-9-5-3-6-10-15/h3,5-6,9-10,13,16H,4,7-8,11-12H2,1-2H3,(H3,21,22,23,24,25). The first kappa shape index (κ1) is 19.6. The second kappa shape index (κ2) is 8.77. The lowest BCUT2D eigenvalue weighted by Crippen LogP contribution is -2.15. The quantitative estimate of drug-likeness (QED) is 0.574. The predicted octanol–water partition coefficient (Wildman–Crippen LogP) is 4.46. The molecule has 8 nitrogen and oxygen atoms in total. The van der Waals surface area contributed by atoms with Crippen LogP contribution in [0.2, 0.25) is 0 Å². The summed E-state index contributed by atoms with van der Waals surface area (Å²) in [7, 11) is 0. The molecule has 1 aromatic carbocycles. The van der Waals surface area contributed by atoms with Crippen LogP contribution in [0.5, 0.6) is 0 Å². The first-order valence-electron chi connectivity index (χ1n) is 10.0. The molecule has 1 atom stereocenters. The van der Waals surface area contributed by atoms with Gasteiger partial charge in [0.2, 0.25) is 11.9 Å². The number of para-hydroxylation sites is 1. The monoisotopic (exact) mass is 410 g/mol. The van der Waals surface area contributed by atoms with Crippen molar-refractivity contribution >= 4 is 29.3 Å². The molecule has 2 aromatic heterocycles. The second-order valence-corrected chi connectivity index (χ2v) is 8.63. The SMILES string of the molecule is Cc1nnc(SC(C)c2nc(N)nc(Nc3ccccc3)n2)n1C1CCCCC1. The molecule has 2 heterocycles. The Balaban J connectivity index is 1.54. The first-order valence-corrected chi connectivity index (χ1v) is 10.9. The Labute approximate surface area is 174 Å². The number of anilines is 3. The number of rotatable bonds is 6. The number of hydrogen-bond acceptors (Lipinski definition) is 8. The number of nitrogens with two attached hydrogens (primary N) is 1. The molecule has 29 heavy (non-hydrogen) atoms. The molecular formula is C20H26N8S. The molecule has 0 spiro atoms. The molecular weight excluding hydrogens is 384 g/mol. The summed E-state index contributed by atoms with van der Waals surface area (Å²) in [4.78, 5) is 13.2. The molecule has 3 aromatic rings. The summed E-state index contributed by atoms with van der Waals surface area (Å²) < 4.78 is 2.29. The Kier molecular flexibility index (Phi) is 5.94. The molecule has 3 N–H and O–H groups in total. The molecule has 0 radical (unpaired) electrons. The van der Waals surface area contributed by atoms with E-state index in [9.17, 15) is 0 Å². The fourth-order valence-electron chi connectivity index (χ4n) is 3.70. The van der Waals surface area contributed by atoms with Gasteiger partial charge in [0, 0.05) is 11.7 Å². The number of aromatic nitrogens is 6. The van der Waals surface area contributed by atoms with Gasteiger partial charge in [-0.2, -0.15) is 15.0 Å². The number of nitrogens with one attached hydrogen (secondary N) is 1. The zero-order chi connectivity index (χ0) is 20.2. The van der Waals surface area contributed by atoms with Crippen LogP contribution >= 0.6 is 11.8 Å². The number of aryl methyl sites for hydroxylation is 1. The summed E-state index contributed by atoms with van der Waals surface area (Å²) >= 11 is 1.61. The average Bonchev–Trinajstić information content (AvgIpc) is 3.09. The van der Waals surface area contributed by atoms with Crippen molar-refractivity contribution in [2.45, 2.75) is 62.4 Å². The van der Waals surface area contributed by atoms with E-state index in [1.54, 1.807) is 11.8 Å². The second-order valence-electron chi connectivity index (χ2n) is 7.32. The molecule has 1 aliphatic rings. The zero-order valence-electron chi connectivity index (χ0n) is 16.7. The maximum Gasteiger partial charge on any atom is 0.232 e. The van der Waals surface area contributed by atoms with Crippen molar-refractivity contribution < 1.29 is 0 Å². The van der Waals surface area contributed by atoms with E-state index in [-0.39, 0.29) is 11.2 Å². The van der Waals surface area contributed by atoms with Crippen LogP contribution in [-0.2, 0) is 0 Å². The van der Waals surface area contributed by atoms with Gasteiger partial charge in [0.15, 0.2) is 5.16 Å². The van der Waals surface area contributed by atoms with Crippen LogP contribution in [0.4, 0.5) is 17.6 Å². The Bertz CT molecular complexity index is 952. The van der Waals surface area contributed by atoms with E-state index in [1.165, 1.54) is 32.1 Å². The van der Waals surface area contributed by atoms with Gasteiger partial charge >= 0.3 is 0 Å². The maximum absolute atomic E-state index is 5.95. The molecule has 0 amide bonds. The summed E-state index contributed by atoms with van der Waals surface area (Å²) in [6, 6.07) is 10.2. The molecule has 0 saturated heterocycles. The van der Waals surface area contributed by atoms with Crippen molar-refractivity contribution in [1.29, 1.82) is 0 Å². The molecule has 9 heteroatoms. The Hall–Kier alpha value is -2.68. The Morgan fingerprint density at radius 2 is 1.83 bits per heavy atom. The van der Waals surface area contributed by atoms with Gasteiger partial charge in [0.25, 0.3) is 0 Å². The highest BCUT2D eigenvalue weighted by atomic mass is 32.2. The first-order chi connectivity index (χ1) is 14.1. The van der Waals surface area contributed by atoms with Crippen molar-refractivity contribution in [3.63, 3.8) is 0 Å². The largest absolute Gasteiger partial charge is 0.368 e. The third kappa shape index (κ3) is 4.67. The number of nitrogens with zero attached hydrogens (tertiary/aromatic N) is 6. The highest BCUT2D eigenvalue weighted by Crippen LogP contribution is 2.37. The number of hydrogen-bond donors (Lipinski definition) is 2. The molecule has 1 saturated carbocycles. The lowest BCUT2D eigenvalue weighted by molar-refractivity contribution is 0.332. The number of thioether (sulfide) groups is 1. The Morgan fingerprint density at radius 1 is 1.07 bits per heavy atom. The van der Waals surface area contributed by atoms with Crippen LogP contribution in [-0.4, -0.2) is 29.7 Å². The Morgan fingerprint density at radius 3 is 2.59 bits per heavy atom. The molecule has 152 valence electrons. The van der Waals surface area contributed by atoms with Crippen molar-refractivity contribution in [1.82, 2.24) is 29.7 Å². The maximum atomic E-state index is 5.95. The lowest BCUT2D eigenvalue weighted by atomic mass is 9.95. The minimum atomic E-state index is -0.0393. The molecule has 1 fully saturated rings. The zero-order valence-corrected chi connectivity index (χ0v) is 17.6. The smallest absolute Gasteiger partial charge is 0.232 e. The van der Waals surface area contributed by atoms with Gasteiger partial charge in [-0.1, -0.05) is 49.2 Å². The van der Waals surface area contributed by atoms with Crippen molar-refractivity contribution in [3.05, 3.63) is 42.0 Å². The fraction of sp³-hybridized carbons (Fsp3) is 0.450. The third-order valence-corrected chi connectivity index (χ3v) is 6.17. The van der Waals surface area contributed by atoms with Gasteiger partial charge in [-0.15, -0.1) is 10.2 Å². The predicted molar refractivity (Wildman–Crippen MR) is 115 cm³/mol. The van der Waals surface area contributed by atoms with Gasteiger partial charge in [0.1, 0.15) is 11.6 Å². The van der Waals surface area contributed by atoms with E-state index in [2.05, 4.69) is 42.0 Å². The van der Waals surface area contributed by atoms with E-state index < -0.39 is 0 Å². The van der Waals surface area contributed by atoms with Crippen LogP contribution < -0.4 is 11.1 Å². The fourth-order valence-corrected chi connectivity index (χ4v) is 4.71. The number of nitrogen functional groups attached to an aromatic ring is 1. The summed E-state index contributed by atoms with van der Waals surface area (Å²) in [5.41, 5.74) is 6.85. The van der Waals surface area contributed by atoms with Crippen molar-refractivity contribution in [2.75, 3.05) is 11.1 Å². The lowest BCUT2D eigenvalue weighted by Gasteiger charge is -2.25. The van der Waals surface area contributed by atoms with Crippen LogP contribution in [0.15, 0.2) is 35.5 Å². The topological polar surface area (TPSA) is 107 Å². The van der Waals surface area contributed by atoms with Crippen molar-refractivity contribution in [2.24, 2.45) is 0 Å². The molecule has 0 aliphatic heterocycles. The highest BCUT2D eigenvalue weighted by Gasteiger charge is 2.24. The van der Waals surface area contributed by atoms with Gasteiger partial charge in [-0.25, -0.2) is 0 Å². The van der Waals surface area contributed by atoms with E-state index in [0.717, 1.165) is 16.7 Å². The summed E-state index contributed by atoms with van der Waals surface area (Å²) in [6.07, 6.45) is 6.22. The highest BCUT2D eigenvalue weighted by molar-refractivity contribution is 7.99.